The molecule has 1 fully saturated rings. The van der Waals surface area contributed by atoms with Crippen molar-refractivity contribution in [3.05, 3.63) is 35.6 Å². The quantitative estimate of drug-likeness (QED) is 0.430. The van der Waals surface area contributed by atoms with Crippen LogP contribution in [0.3, 0.4) is 0 Å². The van der Waals surface area contributed by atoms with Crippen LogP contribution >= 0.6 is 12.2 Å². The molecule has 1 heterocycles. The first-order chi connectivity index (χ1) is 11.1. The summed E-state index contributed by atoms with van der Waals surface area (Å²) in [5.74, 6) is -4.40. The van der Waals surface area contributed by atoms with Crippen molar-refractivity contribution in [3.63, 3.8) is 0 Å². The number of esters is 1. The van der Waals surface area contributed by atoms with Crippen LogP contribution in [0.4, 0.5) is 17.6 Å². The first kappa shape index (κ1) is 18.4. The van der Waals surface area contributed by atoms with Crippen molar-refractivity contribution in [3.8, 4) is 0 Å². The lowest BCUT2D eigenvalue weighted by atomic mass is 9.82. The lowest BCUT2D eigenvalue weighted by molar-refractivity contribution is -0.292. The summed E-state index contributed by atoms with van der Waals surface area (Å²) in [6.07, 6.45) is -5.26. The molecule has 0 radical (unpaired) electrons. The molecule has 0 spiro atoms. The molecule has 0 aliphatic carbocycles. The summed E-state index contributed by atoms with van der Waals surface area (Å²) >= 11 is 4.69. The molecule has 0 saturated carbocycles. The van der Waals surface area contributed by atoms with E-state index in [1.807, 2.05) is 0 Å². The van der Waals surface area contributed by atoms with E-state index in [-0.39, 0.29) is 12.2 Å². The minimum Gasteiger partial charge on any atom is -0.466 e. The van der Waals surface area contributed by atoms with Crippen LogP contribution in [0, 0.1) is 11.7 Å². The molecule has 0 bridgehead atoms. The van der Waals surface area contributed by atoms with Crippen LogP contribution in [0.25, 0.3) is 0 Å². The number of carbonyl (C=O) groups is 1. The Labute approximate surface area is 140 Å². The maximum atomic E-state index is 14.1. The number of benzene rings is 1. The molecule has 3 N–H and O–H groups in total. The first-order valence-corrected chi connectivity index (χ1v) is 7.31. The van der Waals surface area contributed by atoms with Gasteiger partial charge in [0.2, 0.25) is 0 Å². The Morgan fingerprint density at radius 3 is 2.58 bits per heavy atom. The predicted octanol–water partition coefficient (Wildman–Crippen LogP) is 1.77. The zero-order chi connectivity index (χ0) is 18.1. The van der Waals surface area contributed by atoms with Crippen LogP contribution in [0.15, 0.2) is 24.3 Å². The Hall–Kier alpha value is -1.94. The second-order valence-corrected chi connectivity index (χ2v) is 5.50. The molecule has 1 aromatic carbocycles. The van der Waals surface area contributed by atoms with Gasteiger partial charge in [-0.15, -0.1) is 0 Å². The fraction of sp³-hybridized carbons (Fsp3) is 0.429. The zero-order valence-corrected chi connectivity index (χ0v) is 13.2. The fourth-order valence-electron chi connectivity index (χ4n) is 2.52. The first-order valence-electron chi connectivity index (χ1n) is 6.90. The largest absolute Gasteiger partial charge is 0.466 e. The van der Waals surface area contributed by atoms with Crippen molar-refractivity contribution in [2.45, 2.75) is 24.9 Å². The van der Waals surface area contributed by atoms with E-state index in [9.17, 15) is 27.5 Å². The summed E-state index contributed by atoms with van der Waals surface area (Å²) in [5, 5.41) is 13.7. The molecule has 0 aromatic heterocycles. The van der Waals surface area contributed by atoms with Gasteiger partial charge in [0.15, 0.2) is 5.11 Å². The van der Waals surface area contributed by atoms with Crippen molar-refractivity contribution in [1.82, 2.24) is 10.6 Å². The third-order valence-electron chi connectivity index (χ3n) is 3.59. The van der Waals surface area contributed by atoms with Crippen LogP contribution in [0.2, 0.25) is 0 Å². The van der Waals surface area contributed by atoms with Gasteiger partial charge >= 0.3 is 12.1 Å². The number of halogens is 4. The van der Waals surface area contributed by atoms with Gasteiger partial charge in [-0.1, -0.05) is 18.2 Å². The molecular formula is C14H14F4N2O3S. The summed E-state index contributed by atoms with van der Waals surface area (Å²) in [5.41, 5.74) is -3.95. The molecule has 0 amide bonds. The number of alkyl halides is 3. The van der Waals surface area contributed by atoms with E-state index in [2.05, 4.69) is 10.1 Å². The van der Waals surface area contributed by atoms with E-state index in [0.717, 1.165) is 6.07 Å². The van der Waals surface area contributed by atoms with Gasteiger partial charge in [-0.05, 0) is 25.2 Å². The van der Waals surface area contributed by atoms with Gasteiger partial charge in [-0.25, -0.2) is 4.39 Å². The summed E-state index contributed by atoms with van der Waals surface area (Å²) < 4.78 is 59.0. The Balaban J connectivity index is 2.60. The molecule has 1 aliphatic rings. The van der Waals surface area contributed by atoms with E-state index in [4.69, 9.17) is 12.2 Å². The number of ether oxygens (including phenoxy) is 1. The summed E-state index contributed by atoms with van der Waals surface area (Å²) in [6.45, 7) is 1.19. The number of rotatable bonds is 3. The Morgan fingerprint density at radius 2 is 2.04 bits per heavy atom. The van der Waals surface area contributed by atoms with Gasteiger partial charge in [0, 0.05) is 5.56 Å². The molecule has 1 aliphatic heterocycles. The van der Waals surface area contributed by atoms with Crippen LogP contribution in [0.1, 0.15) is 18.5 Å². The van der Waals surface area contributed by atoms with Crippen LogP contribution in [0.5, 0.6) is 0 Å². The molecule has 3 atom stereocenters. The average Bonchev–Trinajstić information content (AvgIpc) is 2.45. The number of thiocarbonyl (C=S) groups is 1. The van der Waals surface area contributed by atoms with Crippen LogP contribution in [-0.2, 0) is 9.53 Å². The normalized spacial score (nSPS) is 27.2. The highest BCUT2D eigenvalue weighted by Crippen LogP contribution is 2.43. The second kappa shape index (κ2) is 6.52. The number of aliphatic hydroxyl groups is 1. The molecule has 132 valence electrons. The minimum atomic E-state index is -5.26. The molecule has 24 heavy (non-hydrogen) atoms. The van der Waals surface area contributed by atoms with Crippen LogP contribution in [-0.4, -0.2) is 34.7 Å². The summed E-state index contributed by atoms with van der Waals surface area (Å²) in [6, 6.07) is 3.39. The standard InChI is InChI=1S/C14H14F4N2O3S/c1-2-23-11(21)9-10(7-5-3-4-6-8(7)15)19-12(24)20-13(9,22)14(16,17)18/h3-6,9-10,22H,2H2,1H3,(H2,19,20,24). The predicted molar refractivity (Wildman–Crippen MR) is 79.1 cm³/mol. The van der Waals surface area contributed by atoms with E-state index >= 15 is 0 Å². The van der Waals surface area contributed by atoms with Crippen molar-refractivity contribution in [2.75, 3.05) is 6.61 Å². The van der Waals surface area contributed by atoms with Crippen molar-refractivity contribution < 1.29 is 32.2 Å². The molecule has 3 unspecified atom stereocenters. The molecule has 1 saturated heterocycles. The van der Waals surface area contributed by atoms with Gasteiger partial charge in [-0.2, -0.15) is 13.2 Å². The monoisotopic (exact) mass is 366 g/mol. The summed E-state index contributed by atoms with van der Waals surface area (Å²) in [7, 11) is 0. The van der Waals surface area contributed by atoms with Gasteiger partial charge in [-0.3, -0.25) is 4.79 Å². The van der Waals surface area contributed by atoms with E-state index in [1.165, 1.54) is 25.1 Å². The van der Waals surface area contributed by atoms with Gasteiger partial charge < -0.3 is 20.5 Å². The topological polar surface area (TPSA) is 70.6 Å². The smallest absolute Gasteiger partial charge is 0.437 e. The van der Waals surface area contributed by atoms with E-state index in [1.54, 1.807) is 5.32 Å². The number of carbonyl (C=O) groups excluding carboxylic acids is 1. The van der Waals surface area contributed by atoms with E-state index < -0.39 is 40.8 Å². The average molecular weight is 366 g/mol. The summed E-state index contributed by atoms with van der Waals surface area (Å²) in [4.78, 5) is 12.1. The molecule has 5 nitrogen and oxygen atoms in total. The number of hydrogen-bond donors (Lipinski definition) is 3. The maximum absolute atomic E-state index is 14.1. The minimum absolute atomic E-state index is 0.211. The SMILES string of the molecule is CCOC(=O)C1C(c2ccccc2F)NC(=S)NC1(O)C(F)(F)F. The maximum Gasteiger partial charge on any atom is 0.437 e. The molecule has 1 aromatic rings. The Bertz CT molecular complexity index is 655. The third kappa shape index (κ3) is 3.16. The van der Waals surface area contributed by atoms with Crippen molar-refractivity contribution in [2.24, 2.45) is 5.92 Å². The fourth-order valence-corrected chi connectivity index (χ4v) is 2.81. The van der Waals surface area contributed by atoms with Crippen LogP contribution < -0.4 is 10.6 Å². The molecule has 2 rings (SSSR count). The van der Waals surface area contributed by atoms with Gasteiger partial charge in [0.25, 0.3) is 5.72 Å². The Kier molecular flexibility index (Phi) is 5.00. The highest BCUT2D eigenvalue weighted by molar-refractivity contribution is 7.80. The molecule has 10 heteroatoms. The molecular weight excluding hydrogens is 352 g/mol. The van der Waals surface area contributed by atoms with E-state index in [0.29, 0.717) is 0 Å². The highest BCUT2D eigenvalue weighted by atomic mass is 32.1. The Morgan fingerprint density at radius 1 is 1.42 bits per heavy atom. The second-order valence-electron chi connectivity index (χ2n) is 5.09. The van der Waals surface area contributed by atoms with Gasteiger partial charge in [0.1, 0.15) is 11.7 Å². The highest BCUT2D eigenvalue weighted by Gasteiger charge is 2.66. The third-order valence-corrected chi connectivity index (χ3v) is 3.81. The number of hydrogen-bond acceptors (Lipinski definition) is 4. The zero-order valence-electron chi connectivity index (χ0n) is 12.4. The number of nitrogens with one attached hydrogen (secondary N) is 2. The van der Waals surface area contributed by atoms with Crippen molar-refractivity contribution in [1.29, 1.82) is 0 Å². The lowest BCUT2D eigenvalue weighted by Crippen LogP contribution is -2.73. The van der Waals surface area contributed by atoms with Crippen molar-refractivity contribution >= 4 is 23.3 Å². The lowest BCUT2D eigenvalue weighted by Gasteiger charge is -2.45. The van der Waals surface area contributed by atoms with Gasteiger partial charge in [0.05, 0.1) is 12.6 Å².